The number of hydrogen-bond acceptors (Lipinski definition) is 5. The lowest BCUT2D eigenvalue weighted by Gasteiger charge is -2.07. The molecule has 100 valence electrons. The molecule has 2 aromatic carbocycles. The number of aromatic hydroxyl groups is 2. The molecule has 0 bridgehead atoms. The Labute approximate surface area is 111 Å². The summed E-state index contributed by atoms with van der Waals surface area (Å²) in [6, 6.07) is 6.95. The van der Waals surface area contributed by atoms with E-state index in [0.717, 1.165) is 0 Å². The summed E-state index contributed by atoms with van der Waals surface area (Å²) in [5.41, 5.74) is -1.11. The van der Waals surface area contributed by atoms with Crippen LogP contribution in [0.1, 0.15) is 10.4 Å². The average molecular weight is 272 g/mol. The number of fused-ring (bicyclic) bond motifs is 3. The molecule has 0 aliphatic carbocycles. The zero-order valence-corrected chi connectivity index (χ0v) is 9.95. The highest BCUT2D eigenvalue weighted by Crippen LogP contribution is 2.35. The Morgan fingerprint density at radius 2 is 1.80 bits per heavy atom. The van der Waals surface area contributed by atoms with Gasteiger partial charge in [0.15, 0.2) is 0 Å². The van der Waals surface area contributed by atoms with Crippen LogP contribution in [0.25, 0.3) is 21.7 Å². The van der Waals surface area contributed by atoms with Crippen LogP contribution in [0.5, 0.6) is 11.5 Å². The lowest BCUT2D eigenvalue weighted by molar-refractivity contribution is 0.0694. The molecule has 0 aliphatic rings. The van der Waals surface area contributed by atoms with Crippen molar-refractivity contribution in [2.75, 3.05) is 0 Å². The van der Waals surface area contributed by atoms with Gasteiger partial charge in [0, 0.05) is 5.39 Å². The third-order valence-electron chi connectivity index (χ3n) is 3.09. The summed E-state index contributed by atoms with van der Waals surface area (Å²) in [5, 5.41) is 29.0. The maximum atomic E-state index is 11.9. The number of phenols is 2. The maximum absolute atomic E-state index is 11.9. The van der Waals surface area contributed by atoms with Gasteiger partial charge in [-0.2, -0.15) is 0 Å². The molecule has 6 heteroatoms. The van der Waals surface area contributed by atoms with E-state index in [1.807, 2.05) is 0 Å². The fourth-order valence-corrected chi connectivity index (χ4v) is 2.20. The first kappa shape index (κ1) is 12.0. The zero-order valence-electron chi connectivity index (χ0n) is 9.95. The summed E-state index contributed by atoms with van der Waals surface area (Å²) in [7, 11) is 0. The van der Waals surface area contributed by atoms with E-state index in [9.17, 15) is 19.8 Å². The lowest BCUT2D eigenvalue weighted by atomic mass is 10.0. The smallest absolute Gasteiger partial charge is 0.348 e. The minimum absolute atomic E-state index is 0.126. The van der Waals surface area contributed by atoms with E-state index in [1.54, 1.807) is 0 Å². The number of hydrogen-bond donors (Lipinski definition) is 3. The number of phenolic OH excluding ortho intramolecular Hbond substituents is 1. The van der Waals surface area contributed by atoms with Crippen molar-refractivity contribution in [2.24, 2.45) is 0 Å². The van der Waals surface area contributed by atoms with Gasteiger partial charge in [0.25, 0.3) is 0 Å². The molecule has 1 aromatic heterocycles. The summed E-state index contributed by atoms with van der Waals surface area (Å²) < 4.78 is 5.00. The van der Waals surface area contributed by atoms with E-state index < -0.39 is 22.9 Å². The van der Waals surface area contributed by atoms with Crippen molar-refractivity contribution in [1.82, 2.24) is 0 Å². The van der Waals surface area contributed by atoms with Crippen LogP contribution in [-0.2, 0) is 0 Å². The predicted octanol–water partition coefficient (Wildman–Crippen LogP) is 2.06. The molecular weight excluding hydrogens is 264 g/mol. The molecule has 0 amide bonds. The maximum Gasteiger partial charge on any atom is 0.348 e. The summed E-state index contributed by atoms with van der Waals surface area (Å²) >= 11 is 0. The Bertz CT molecular complexity index is 922. The number of carboxylic acids is 1. The molecular formula is C14H8O6. The quantitative estimate of drug-likeness (QED) is 0.462. The first-order valence-electron chi connectivity index (χ1n) is 5.64. The number of carboxylic acid groups (broad SMARTS) is 1. The van der Waals surface area contributed by atoms with E-state index in [0.29, 0.717) is 0 Å². The van der Waals surface area contributed by atoms with Crippen LogP contribution >= 0.6 is 0 Å². The van der Waals surface area contributed by atoms with Crippen molar-refractivity contribution >= 4 is 27.7 Å². The second kappa shape index (κ2) is 3.99. The topological polar surface area (TPSA) is 108 Å². The van der Waals surface area contributed by atoms with Gasteiger partial charge in [-0.25, -0.2) is 9.59 Å². The standard InChI is InChI=1S/C14H8O6/c15-8-2-1-3-9-10(8)6-4-5-7(13(17)18)12(16)11(6)14(19)20-9/h1-5,15-16H,(H,17,18). The summed E-state index contributed by atoms with van der Waals surface area (Å²) in [5.74, 6) is -2.16. The molecule has 0 fully saturated rings. The monoisotopic (exact) mass is 272 g/mol. The molecule has 0 unspecified atom stereocenters. The average Bonchev–Trinajstić information content (AvgIpc) is 2.38. The Balaban J connectivity index is 2.62. The minimum atomic E-state index is -1.36. The van der Waals surface area contributed by atoms with Crippen molar-refractivity contribution in [1.29, 1.82) is 0 Å². The van der Waals surface area contributed by atoms with Gasteiger partial charge in [-0.1, -0.05) is 12.1 Å². The second-order valence-electron chi connectivity index (χ2n) is 4.23. The first-order valence-corrected chi connectivity index (χ1v) is 5.64. The molecule has 20 heavy (non-hydrogen) atoms. The minimum Gasteiger partial charge on any atom is -0.507 e. The molecule has 3 N–H and O–H groups in total. The number of aromatic carboxylic acids is 1. The molecule has 0 aliphatic heterocycles. The molecule has 3 rings (SSSR count). The Kier molecular flexibility index (Phi) is 2.40. The molecule has 0 atom stereocenters. The van der Waals surface area contributed by atoms with Crippen LogP contribution < -0.4 is 5.63 Å². The van der Waals surface area contributed by atoms with Crippen LogP contribution in [0.2, 0.25) is 0 Å². The highest BCUT2D eigenvalue weighted by atomic mass is 16.4. The summed E-state index contributed by atoms with van der Waals surface area (Å²) in [4.78, 5) is 22.9. The van der Waals surface area contributed by atoms with Gasteiger partial charge in [0.05, 0.1) is 5.39 Å². The molecule has 0 radical (unpaired) electrons. The fourth-order valence-electron chi connectivity index (χ4n) is 2.20. The number of carbonyl (C=O) groups is 1. The van der Waals surface area contributed by atoms with Crippen LogP contribution in [0.15, 0.2) is 39.5 Å². The van der Waals surface area contributed by atoms with Gasteiger partial charge >= 0.3 is 11.6 Å². The number of benzene rings is 2. The van der Waals surface area contributed by atoms with E-state index in [2.05, 4.69) is 0 Å². The Morgan fingerprint density at radius 1 is 1.05 bits per heavy atom. The zero-order chi connectivity index (χ0) is 14.4. The van der Waals surface area contributed by atoms with Crippen LogP contribution in [0, 0.1) is 0 Å². The molecule has 0 saturated carbocycles. The van der Waals surface area contributed by atoms with Crippen molar-refractivity contribution in [3.63, 3.8) is 0 Å². The van der Waals surface area contributed by atoms with Crippen LogP contribution in [-0.4, -0.2) is 21.3 Å². The van der Waals surface area contributed by atoms with Crippen LogP contribution in [0.4, 0.5) is 0 Å². The van der Waals surface area contributed by atoms with Gasteiger partial charge in [0.2, 0.25) is 0 Å². The molecule has 6 nitrogen and oxygen atoms in total. The van der Waals surface area contributed by atoms with E-state index >= 15 is 0 Å². The second-order valence-corrected chi connectivity index (χ2v) is 4.23. The van der Waals surface area contributed by atoms with Crippen molar-refractivity contribution < 1.29 is 24.5 Å². The van der Waals surface area contributed by atoms with Crippen molar-refractivity contribution in [2.45, 2.75) is 0 Å². The summed E-state index contributed by atoms with van der Waals surface area (Å²) in [6.45, 7) is 0. The van der Waals surface area contributed by atoms with Gasteiger partial charge < -0.3 is 19.7 Å². The van der Waals surface area contributed by atoms with E-state index in [-0.39, 0.29) is 27.5 Å². The molecule has 0 saturated heterocycles. The van der Waals surface area contributed by atoms with Gasteiger partial charge in [-0.15, -0.1) is 0 Å². The molecule has 3 aromatic rings. The first-order chi connectivity index (χ1) is 9.50. The van der Waals surface area contributed by atoms with Gasteiger partial charge in [0.1, 0.15) is 28.0 Å². The molecule has 1 heterocycles. The SMILES string of the molecule is O=C(O)c1ccc2c(c1O)c(=O)oc1cccc(O)c12. The van der Waals surface area contributed by atoms with Crippen molar-refractivity contribution in [3.8, 4) is 11.5 Å². The van der Waals surface area contributed by atoms with E-state index in [1.165, 1.54) is 30.3 Å². The van der Waals surface area contributed by atoms with Crippen molar-refractivity contribution in [3.05, 3.63) is 46.3 Å². The van der Waals surface area contributed by atoms with Crippen LogP contribution in [0.3, 0.4) is 0 Å². The van der Waals surface area contributed by atoms with Gasteiger partial charge in [-0.05, 0) is 18.2 Å². The molecule has 0 spiro atoms. The third kappa shape index (κ3) is 1.51. The Morgan fingerprint density at radius 3 is 2.50 bits per heavy atom. The highest BCUT2D eigenvalue weighted by molar-refractivity contribution is 6.11. The largest absolute Gasteiger partial charge is 0.507 e. The summed E-state index contributed by atoms with van der Waals surface area (Å²) in [6.07, 6.45) is 0. The highest BCUT2D eigenvalue weighted by Gasteiger charge is 2.19. The lowest BCUT2D eigenvalue weighted by Crippen LogP contribution is -2.04. The van der Waals surface area contributed by atoms with Gasteiger partial charge in [-0.3, -0.25) is 0 Å². The normalized spacial score (nSPS) is 11.0. The number of rotatable bonds is 1. The van der Waals surface area contributed by atoms with E-state index in [4.69, 9.17) is 9.52 Å². The Hall–Kier alpha value is -3.02. The predicted molar refractivity (Wildman–Crippen MR) is 70.3 cm³/mol. The third-order valence-corrected chi connectivity index (χ3v) is 3.09. The fraction of sp³-hybridized carbons (Fsp3) is 0.